The zero-order chi connectivity index (χ0) is 14.8. The van der Waals surface area contributed by atoms with Crippen LogP contribution in [-0.2, 0) is 0 Å². The van der Waals surface area contributed by atoms with Crippen molar-refractivity contribution in [1.82, 2.24) is 5.32 Å². The molecular weight excluding hydrogens is 242 g/mol. The highest BCUT2D eigenvalue weighted by atomic mass is 14.9. The van der Waals surface area contributed by atoms with Gasteiger partial charge in [0.15, 0.2) is 0 Å². The van der Waals surface area contributed by atoms with E-state index in [4.69, 9.17) is 0 Å². The fourth-order valence-electron chi connectivity index (χ4n) is 4.16. The molecule has 120 valence electrons. The van der Waals surface area contributed by atoms with Crippen LogP contribution >= 0.6 is 0 Å². The van der Waals surface area contributed by atoms with E-state index < -0.39 is 0 Å². The third kappa shape index (κ3) is 5.76. The number of nitrogens with one attached hydrogen (secondary N) is 1. The zero-order valence-electron chi connectivity index (χ0n) is 14.6. The molecule has 1 aliphatic rings. The van der Waals surface area contributed by atoms with Crippen LogP contribution in [0.1, 0.15) is 91.9 Å². The minimum absolute atomic E-state index is 0.792. The first-order valence-electron chi connectivity index (χ1n) is 9.50. The Morgan fingerprint density at radius 2 is 1.85 bits per heavy atom. The van der Waals surface area contributed by atoms with Crippen molar-refractivity contribution in [3.63, 3.8) is 0 Å². The lowest BCUT2D eigenvalue weighted by atomic mass is 9.72. The summed E-state index contributed by atoms with van der Waals surface area (Å²) in [6.45, 7) is 10.6. The van der Waals surface area contributed by atoms with Crippen molar-refractivity contribution >= 4 is 0 Å². The highest BCUT2D eigenvalue weighted by Gasteiger charge is 2.31. The Hall–Kier alpha value is -0.0400. The molecule has 0 bridgehead atoms. The third-order valence-electron chi connectivity index (χ3n) is 5.50. The summed E-state index contributed by atoms with van der Waals surface area (Å²) in [4.78, 5) is 0. The zero-order valence-corrected chi connectivity index (χ0v) is 14.6. The smallest absolute Gasteiger partial charge is 0.0124 e. The van der Waals surface area contributed by atoms with E-state index in [0.29, 0.717) is 0 Å². The van der Waals surface area contributed by atoms with Crippen LogP contribution in [0.25, 0.3) is 0 Å². The van der Waals surface area contributed by atoms with E-state index >= 15 is 0 Å². The van der Waals surface area contributed by atoms with Crippen LogP contribution in [0.2, 0.25) is 0 Å². The fraction of sp³-hybridized carbons (Fsp3) is 1.00. The van der Waals surface area contributed by atoms with Gasteiger partial charge in [0.1, 0.15) is 0 Å². The summed E-state index contributed by atoms with van der Waals surface area (Å²) in [5.41, 5.74) is 0. The molecule has 0 aromatic rings. The van der Waals surface area contributed by atoms with Gasteiger partial charge in [-0.3, -0.25) is 0 Å². The first-order chi connectivity index (χ1) is 9.76. The summed E-state index contributed by atoms with van der Waals surface area (Å²) in [6, 6.07) is 0.792. The Kier molecular flexibility index (Phi) is 9.59. The van der Waals surface area contributed by atoms with E-state index in [1.165, 1.54) is 70.8 Å². The lowest BCUT2D eigenvalue weighted by molar-refractivity contribution is 0.158. The van der Waals surface area contributed by atoms with Crippen LogP contribution in [0.4, 0.5) is 0 Å². The SMILES string of the molecule is CCCCC(CC)C(NCCC)C1CCCC(CC)C1. The number of hydrogen-bond acceptors (Lipinski definition) is 1. The standard InChI is InChI=1S/C19H39N/c1-5-9-12-17(8-4)19(20-14-6-2)18-13-10-11-16(7-3)15-18/h16-20H,5-15H2,1-4H3. The highest BCUT2D eigenvalue weighted by molar-refractivity contribution is 4.86. The molecule has 4 unspecified atom stereocenters. The Balaban J connectivity index is 2.64. The van der Waals surface area contributed by atoms with Gasteiger partial charge in [-0.1, -0.05) is 66.2 Å². The number of unbranched alkanes of at least 4 members (excludes halogenated alkanes) is 1. The molecule has 1 aliphatic carbocycles. The van der Waals surface area contributed by atoms with Crippen LogP contribution in [0.3, 0.4) is 0 Å². The number of rotatable bonds is 10. The van der Waals surface area contributed by atoms with Crippen molar-refractivity contribution in [2.75, 3.05) is 6.54 Å². The molecule has 20 heavy (non-hydrogen) atoms. The highest BCUT2D eigenvalue weighted by Crippen LogP contribution is 2.36. The van der Waals surface area contributed by atoms with Crippen molar-refractivity contribution in [2.45, 2.75) is 97.9 Å². The average molecular weight is 282 g/mol. The molecule has 0 spiro atoms. The Bertz CT molecular complexity index is 226. The molecule has 1 heteroatoms. The van der Waals surface area contributed by atoms with Gasteiger partial charge in [0.2, 0.25) is 0 Å². The molecule has 1 N–H and O–H groups in total. The topological polar surface area (TPSA) is 12.0 Å². The molecule has 0 amide bonds. The fourth-order valence-corrected chi connectivity index (χ4v) is 4.16. The third-order valence-corrected chi connectivity index (χ3v) is 5.50. The van der Waals surface area contributed by atoms with Crippen molar-refractivity contribution in [3.8, 4) is 0 Å². The lowest BCUT2D eigenvalue weighted by Gasteiger charge is -2.39. The van der Waals surface area contributed by atoms with E-state index in [0.717, 1.165) is 23.8 Å². The molecule has 0 aromatic heterocycles. The van der Waals surface area contributed by atoms with Crippen molar-refractivity contribution in [2.24, 2.45) is 17.8 Å². The van der Waals surface area contributed by atoms with Gasteiger partial charge in [-0.15, -0.1) is 0 Å². The van der Waals surface area contributed by atoms with Crippen LogP contribution in [0.15, 0.2) is 0 Å². The van der Waals surface area contributed by atoms with Gasteiger partial charge in [0, 0.05) is 6.04 Å². The second-order valence-corrected chi connectivity index (χ2v) is 6.99. The minimum atomic E-state index is 0.792. The Morgan fingerprint density at radius 3 is 2.45 bits per heavy atom. The summed E-state index contributed by atoms with van der Waals surface area (Å²) in [7, 11) is 0. The normalized spacial score (nSPS) is 26.4. The van der Waals surface area contributed by atoms with Gasteiger partial charge >= 0.3 is 0 Å². The van der Waals surface area contributed by atoms with E-state index in [-0.39, 0.29) is 0 Å². The van der Waals surface area contributed by atoms with E-state index in [1.54, 1.807) is 0 Å². The molecule has 0 saturated heterocycles. The summed E-state index contributed by atoms with van der Waals surface area (Å²) < 4.78 is 0. The first-order valence-corrected chi connectivity index (χ1v) is 9.50. The molecule has 0 heterocycles. The Labute approximate surface area is 128 Å². The first kappa shape index (κ1) is 18.0. The van der Waals surface area contributed by atoms with E-state index in [2.05, 4.69) is 33.0 Å². The van der Waals surface area contributed by atoms with Gasteiger partial charge in [-0.25, -0.2) is 0 Å². The van der Waals surface area contributed by atoms with Crippen LogP contribution < -0.4 is 5.32 Å². The monoisotopic (exact) mass is 281 g/mol. The van der Waals surface area contributed by atoms with Crippen molar-refractivity contribution in [3.05, 3.63) is 0 Å². The summed E-state index contributed by atoms with van der Waals surface area (Å²) >= 11 is 0. The maximum absolute atomic E-state index is 3.94. The second-order valence-electron chi connectivity index (χ2n) is 6.99. The molecule has 1 rings (SSSR count). The molecule has 1 fully saturated rings. The van der Waals surface area contributed by atoms with E-state index in [9.17, 15) is 0 Å². The second kappa shape index (κ2) is 10.7. The summed E-state index contributed by atoms with van der Waals surface area (Å²) in [5.74, 6) is 2.85. The predicted molar refractivity (Wildman–Crippen MR) is 91.1 cm³/mol. The van der Waals surface area contributed by atoms with Crippen LogP contribution in [0, 0.1) is 17.8 Å². The largest absolute Gasteiger partial charge is 0.313 e. The van der Waals surface area contributed by atoms with Crippen molar-refractivity contribution < 1.29 is 0 Å². The predicted octanol–water partition coefficient (Wildman–Crippen LogP) is 5.79. The van der Waals surface area contributed by atoms with Crippen LogP contribution in [0.5, 0.6) is 0 Å². The van der Waals surface area contributed by atoms with Crippen LogP contribution in [-0.4, -0.2) is 12.6 Å². The number of hydrogen-bond donors (Lipinski definition) is 1. The summed E-state index contributed by atoms with van der Waals surface area (Å²) in [6.07, 6.45) is 14.1. The molecule has 0 radical (unpaired) electrons. The molecule has 1 saturated carbocycles. The summed E-state index contributed by atoms with van der Waals surface area (Å²) in [5, 5.41) is 3.94. The molecular formula is C19H39N. The molecule has 1 nitrogen and oxygen atoms in total. The molecule has 0 aliphatic heterocycles. The van der Waals surface area contributed by atoms with Gasteiger partial charge in [-0.05, 0) is 50.0 Å². The van der Waals surface area contributed by atoms with E-state index in [1.807, 2.05) is 0 Å². The molecule has 4 atom stereocenters. The van der Waals surface area contributed by atoms with Gasteiger partial charge < -0.3 is 5.32 Å². The van der Waals surface area contributed by atoms with Gasteiger partial charge in [0.05, 0.1) is 0 Å². The Morgan fingerprint density at radius 1 is 1.05 bits per heavy atom. The average Bonchev–Trinajstić information content (AvgIpc) is 2.50. The quantitative estimate of drug-likeness (QED) is 0.534. The minimum Gasteiger partial charge on any atom is -0.313 e. The maximum Gasteiger partial charge on any atom is 0.0124 e. The maximum atomic E-state index is 3.94. The van der Waals surface area contributed by atoms with Gasteiger partial charge in [-0.2, -0.15) is 0 Å². The van der Waals surface area contributed by atoms with Crippen molar-refractivity contribution in [1.29, 1.82) is 0 Å². The molecule has 0 aromatic carbocycles. The van der Waals surface area contributed by atoms with Gasteiger partial charge in [0.25, 0.3) is 0 Å². The lowest BCUT2D eigenvalue weighted by Crippen LogP contribution is -2.44.